The average molecular weight is 411 g/mol. The Morgan fingerprint density at radius 2 is 1.74 bits per heavy atom. The largest absolute Gasteiger partial charge is 0.352 e. The van der Waals surface area contributed by atoms with Crippen molar-refractivity contribution in [3.8, 4) is 0 Å². The molecule has 1 N–H and O–H groups in total. The third-order valence-corrected chi connectivity index (χ3v) is 6.58. The number of thioether (sulfide) groups is 1. The van der Waals surface area contributed by atoms with Crippen LogP contribution in [0.2, 0.25) is 0 Å². The van der Waals surface area contributed by atoms with Gasteiger partial charge in [-0.3, -0.25) is 0 Å². The lowest BCUT2D eigenvalue weighted by atomic mass is 10.2. The fraction of sp³-hybridized carbons (Fsp3) is 0.0833. The van der Waals surface area contributed by atoms with E-state index in [0.29, 0.717) is 21.3 Å². The molecule has 2 aromatic heterocycles. The topological polar surface area (TPSA) is 97.0 Å². The highest BCUT2D eigenvalue weighted by Crippen LogP contribution is 2.35. The van der Waals surface area contributed by atoms with Gasteiger partial charge in [-0.1, -0.05) is 0 Å². The first-order valence-corrected chi connectivity index (χ1v) is 11.8. The van der Waals surface area contributed by atoms with Crippen LogP contribution in [0.5, 0.6) is 0 Å². The van der Waals surface area contributed by atoms with Crippen LogP contribution >= 0.6 is 33.1 Å². The van der Waals surface area contributed by atoms with Crippen LogP contribution in [0.25, 0.3) is 21.8 Å². The van der Waals surface area contributed by atoms with Crippen molar-refractivity contribution >= 4 is 73.0 Å². The van der Waals surface area contributed by atoms with E-state index < -0.39 is 18.1 Å². The lowest BCUT2D eigenvalue weighted by molar-refractivity contribution is 0.608. The van der Waals surface area contributed by atoms with Gasteiger partial charge in [-0.2, -0.15) is 0 Å². The summed E-state index contributed by atoms with van der Waals surface area (Å²) < 4.78 is 46.9. The Morgan fingerprint density at radius 3 is 2.30 bits per heavy atom. The quantitative estimate of drug-likeness (QED) is 0.525. The Labute approximate surface area is 145 Å². The molecule has 11 heteroatoms. The number of fused-ring (bicyclic) bond motifs is 3. The molecule has 6 nitrogen and oxygen atoms in total. The molecule has 0 bridgehead atoms. The molecule has 0 spiro atoms. The molecule has 0 saturated heterocycles. The first-order chi connectivity index (χ1) is 10.6. The van der Waals surface area contributed by atoms with Crippen LogP contribution in [-0.2, 0) is 18.1 Å². The maximum Gasteiger partial charge on any atom is 0.263 e. The molecule has 2 heterocycles. The van der Waals surface area contributed by atoms with Crippen LogP contribution in [0.4, 0.5) is 0 Å². The summed E-state index contributed by atoms with van der Waals surface area (Å²) >= 11 is 1.40. The van der Waals surface area contributed by atoms with Crippen molar-refractivity contribution in [3.63, 3.8) is 0 Å². The molecule has 0 aliphatic carbocycles. The average Bonchev–Trinajstić information content (AvgIpc) is 2.81. The summed E-state index contributed by atoms with van der Waals surface area (Å²) in [4.78, 5) is 6.41. The molecule has 0 unspecified atom stereocenters. The van der Waals surface area contributed by atoms with Gasteiger partial charge in [0.25, 0.3) is 18.1 Å². The lowest BCUT2D eigenvalue weighted by Crippen LogP contribution is -1.97. The molecule has 0 aliphatic heterocycles. The second-order valence-corrected chi connectivity index (χ2v) is 10.5. The van der Waals surface area contributed by atoms with Crippen LogP contribution in [-0.4, -0.2) is 33.1 Å². The van der Waals surface area contributed by atoms with Crippen LogP contribution in [0, 0.1) is 0 Å². The number of aromatic nitrogens is 2. The van der Waals surface area contributed by atoms with E-state index in [1.54, 1.807) is 12.3 Å². The number of halogens is 2. The van der Waals surface area contributed by atoms with Crippen LogP contribution < -0.4 is 0 Å². The van der Waals surface area contributed by atoms with E-state index >= 15 is 0 Å². The minimum Gasteiger partial charge on any atom is -0.352 e. The Kier molecular flexibility index (Phi) is 4.04. The summed E-state index contributed by atoms with van der Waals surface area (Å²) in [7, 11) is 2.50. The third-order valence-electron chi connectivity index (χ3n) is 3.26. The Balaban J connectivity index is 2.56. The number of nitrogens with one attached hydrogen (secondary N) is 1. The predicted molar refractivity (Wildman–Crippen MR) is 91.5 cm³/mol. The summed E-state index contributed by atoms with van der Waals surface area (Å²) in [6, 6.07) is 3.98. The number of H-pyrrole nitrogens is 1. The standard InChI is InChI=1S/C12H8Cl2N2O4S3/c1-21-11-4-7-8-2-6(22(13,17)18)3-10(23(14,19)20)12(8)16-9(7)5-15-11/h2-5,16H,1H3. The van der Waals surface area contributed by atoms with Crippen molar-refractivity contribution in [2.75, 3.05) is 6.26 Å². The number of pyridine rings is 1. The highest BCUT2D eigenvalue weighted by Gasteiger charge is 2.23. The molecule has 3 aromatic rings. The van der Waals surface area contributed by atoms with E-state index in [1.807, 2.05) is 6.26 Å². The second kappa shape index (κ2) is 5.52. The first kappa shape index (κ1) is 16.8. The molecular weight excluding hydrogens is 403 g/mol. The van der Waals surface area contributed by atoms with Gasteiger partial charge >= 0.3 is 0 Å². The van der Waals surface area contributed by atoms with E-state index in [0.717, 1.165) is 6.07 Å². The molecule has 0 saturated carbocycles. The van der Waals surface area contributed by atoms with Gasteiger partial charge in [-0.25, -0.2) is 21.8 Å². The van der Waals surface area contributed by atoms with Crippen molar-refractivity contribution in [2.45, 2.75) is 14.8 Å². The first-order valence-electron chi connectivity index (χ1n) is 6.00. The molecule has 0 amide bonds. The molecule has 0 fully saturated rings. The summed E-state index contributed by atoms with van der Waals surface area (Å²) in [6.07, 6.45) is 3.38. The van der Waals surface area contributed by atoms with E-state index in [9.17, 15) is 16.8 Å². The Hall–Kier alpha value is -1.00. The van der Waals surface area contributed by atoms with Gasteiger partial charge in [-0.15, -0.1) is 11.8 Å². The fourth-order valence-corrected chi connectivity index (χ4v) is 4.56. The molecule has 23 heavy (non-hydrogen) atoms. The zero-order chi connectivity index (χ0) is 17.0. The second-order valence-electron chi connectivity index (χ2n) is 4.62. The molecule has 0 aliphatic rings. The molecule has 0 radical (unpaired) electrons. The van der Waals surface area contributed by atoms with Gasteiger partial charge in [0.15, 0.2) is 0 Å². The fourth-order valence-electron chi connectivity index (χ4n) is 2.27. The molecule has 3 rings (SSSR count). The van der Waals surface area contributed by atoms with Crippen molar-refractivity contribution in [2.24, 2.45) is 0 Å². The van der Waals surface area contributed by atoms with Gasteiger partial charge < -0.3 is 4.98 Å². The summed E-state index contributed by atoms with van der Waals surface area (Å²) in [5, 5.41) is 1.72. The Morgan fingerprint density at radius 1 is 1.04 bits per heavy atom. The van der Waals surface area contributed by atoms with Crippen LogP contribution in [0.1, 0.15) is 0 Å². The Bertz CT molecular complexity index is 1150. The van der Waals surface area contributed by atoms with E-state index in [1.165, 1.54) is 17.8 Å². The highest BCUT2D eigenvalue weighted by molar-refractivity contribution is 8.14. The zero-order valence-corrected chi connectivity index (χ0v) is 15.3. The molecule has 0 atom stereocenters. The SMILES string of the molecule is CSc1cc2c(cn1)[nH]c1c(S(=O)(=O)Cl)cc(S(=O)(=O)Cl)cc12. The maximum atomic E-state index is 11.8. The molecular formula is C12H8Cl2N2O4S3. The normalized spacial score (nSPS) is 13.0. The number of benzene rings is 1. The van der Waals surface area contributed by atoms with Crippen LogP contribution in [0.3, 0.4) is 0 Å². The van der Waals surface area contributed by atoms with Crippen LogP contribution in [0.15, 0.2) is 39.2 Å². The van der Waals surface area contributed by atoms with Gasteiger partial charge in [0.05, 0.1) is 27.2 Å². The van der Waals surface area contributed by atoms with Gasteiger partial charge in [0, 0.05) is 32.1 Å². The summed E-state index contributed by atoms with van der Waals surface area (Å²) in [5.41, 5.74) is 0.766. The van der Waals surface area contributed by atoms with Crippen molar-refractivity contribution in [3.05, 3.63) is 24.4 Å². The van der Waals surface area contributed by atoms with Crippen molar-refractivity contribution in [1.82, 2.24) is 9.97 Å². The number of aromatic amines is 1. The minimum absolute atomic E-state index is 0.208. The van der Waals surface area contributed by atoms with Gasteiger partial charge in [0.2, 0.25) is 0 Å². The molecule has 1 aromatic carbocycles. The minimum atomic E-state index is -4.18. The zero-order valence-electron chi connectivity index (χ0n) is 11.4. The van der Waals surface area contributed by atoms with Crippen molar-refractivity contribution < 1.29 is 16.8 Å². The molecule has 122 valence electrons. The van der Waals surface area contributed by atoms with Gasteiger partial charge in [-0.05, 0) is 24.5 Å². The van der Waals surface area contributed by atoms with Gasteiger partial charge in [0.1, 0.15) is 4.90 Å². The lowest BCUT2D eigenvalue weighted by Gasteiger charge is -2.03. The number of hydrogen-bond donors (Lipinski definition) is 1. The summed E-state index contributed by atoms with van der Waals surface area (Å²) in [5.74, 6) is 0. The number of rotatable bonds is 3. The van der Waals surface area contributed by atoms with E-state index in [2.05, 4.69) is 9.97 Å². The van der Waals surface area contributed by atoms with E-state index in [4.69, 9.17) is 21.4 Å². The highest BCUT2D eigenvalue weighted by atomic mass is 35.7. The van der Waals surface area contributed by atoms with E-state index in [-0.39, 0.29) is 15.3 Å². The summed E-state index contributed by atoms with van der Waals surface area (Å²) in [6.45, 7) is 0. The third kappa shape index (κ3) is 3.03. The smallest absolute Gasteiger partial charge is 0.263 e. The predicted octanol–water partition coefficient (Wildman–Crippen LogP) is 3.29. The number of hydrogen-bond acceptors (Lipinski definition) is 6. The monoisotopic (exact) mass is 410 g/mol. The van der Waals surface area contributed by atoms with Crippen molar-refractivity contribution in [1.29, 1.82) is 0 Å². The maximum absolute atomic E-state index is 11.8. The number of nitrogens with zero attached hydrogens (tertiary/aromatic N) is 1.